The molecule has 8 nitrogen and oxygen atoms in total. The number of benzene rings is 1. The van der Waals surface area contributed by atoms with Crippen molar-refractivity contribution in [3.8, 4) is 17.2 Å². The van der Waals surface area contributed by atoms with Crippen LogP contribution in [0, 0.1) is 0 Å². The summed E-state index contributed by atoms with van der Waals surface area (Å²) in [6, 6.07) is 7.38. The molecule has 0 spiro atoms. The number of anilines is 1. The molecule has 2 amide bonds. The Morgan fingerprint density at radius 3 is 2.90 bits per heavy atom. The maximum absolute atomic E-state index is 12.1. The Kier molecular flexibility index (Phi) is 4.13. The van der Waals surface area contributed by atoms with E-state index in [1.54, 1.807) is 12.3 Å². The van der Waals surface area contributed by atoms with Gasteiger partial charge in [0.1, 0.15) is 34.8 Å². The second-order valence-corrected chi connectivity index (χ2v) is 8.77. The van der Waals surface area contributed by atoms with Gasteiger partial charge in [-0.1, -0.05) is 0 Å². The lowest BCUT2D eigenvalue weighted by molar-refractivity contribution is -0.116. The fraction of sp³-hybridized carbons (Fsp3) is 0.409. The summed E-state index contributed by atoms with van der Waals surface area (Å²) in [5.74, 6) is 2.76. The number of aromatic nitrogens is 1. The molecular formula is C22H23N3O5. The number of pyridine rings is 1. The zero-order valence-corrected chi connectivity index (χ0v) is 17.0. The first-order valence-corrected chi connectivity index (χ1v) is 10.0. The van der Waals surface area contributed by atoms with Gasteiger partial charge in [-0.2, -0.15) is 0 Å². The lowest BCUT2D eigenvalue weighted by Crippen LogP contribution is -2.36. The van der Waals surface area contributed by atoms with Gasteiger partial charge in [-0.05, 0) is 51.5 Å². The predicted octanol–water partition coefficient (Wildman–Crippen LogP) is 3.51. The third kappa shape index (κ3) is 3.42. The number of hydrogen-bond acceptors (Lipinski definition) is 6. The molecule has 2 aromatic rings. The van der Waals surface area contributed by atoms with Gasteiger partial charge in [0.05, 0.1) is 12.0 Å². The van der Waals surface area contributed by atoms with Crippen molar-refractivity contribution >= 4 is 17.8 Å². The normalized spacial score (nSPS) is 23.3. The van der Waals surface area contributed by atoms with E-state index in [9.17, 15) is 9.59 Å². The van der Waals surface area contributed by atoms with Gasteiger partial charge in [-0.15, -0.1) is 0 Å². The van der Waals surface area contributed by atoms with Crippen LogP contribution in [0.3, 0.4) is 0 Å². The minimum Gasteiger partial charge on any atom is -0.487 e. The lowest BCUT2D eigenvalue weighted by atomic mass is 10.1. The molecule has 3 heterocycles. The van der Waals surface area contributed by atoms with E-state index >= 15 is 0 Å². The van der Waals surface area contributed by atoms with Crippen LogP contribution in [0.1, 0.15) is 44.2 Å². The van der Waals surface area contributed by atoms with E-state index in [1.807, 2.05) is 39.0 Å². The Bertz CT molecular complexity index is 1050. The van der Waals surface area contributed by atoms with Crippen LogP contribution in [-0.2, 0) is 16.0 Å². The van der Waals surface area contributed by atoms with Crippen molar-refractivity contribution in [1.29, 1.82) is 0 Å². The Morgan fingerprint density at radius 1 is 1.27 bits per heavy atom. The van der Waals surface area contributed by atoms with Crippen LogP contribution in [0.15, 0.2) is 30.5 Å². The van der Waals surface area contributed by atoms with Crippen molar-refractivity contribution in [3.05, 3.63) is 41.6 Å². The molecule has 1 fully saturated rings. The molecule has 2 unspecified atom stereocenters. The zero-order chi connectivity index (χ0) is 21.0. The first-order valence-electron chi connectivity index (χ1n) is 10.0. The van der Waals surface area contributed by atoms with Gasteiger partial charge in [0, 0.05) is 23.7 Å². The van der Waals surface area contributed by atoms with Crippen LogP contribution in [-0.4, -0.2) is 34.7 Å². The first kappa shape index (κ1) is 18.7. The van der Waals surface area contributed by atoms with Crippen LogP contribution in [0.2, 0.25) is 0 Å². The molecule has 1 saturated carbocycles. The van der Waals surface area contributed by atoms with Gasteiger partial charge in [0.2, 0.25) is 5.91 Å². The van der Waals surface area contributed by atoms with Gasteiger partial charge < -0.3 is 24.8 Å². The van der Waals surface area contributed by atoms with Crippen molar-refractivity contribution in [1.82, 2.24) is 10.3 Å². The van der Waals surface area contributed by atoms with Crippen LogP contribution in [0.25, 0.3) is 0 Å². The number of ether oxygens (including phenoxy) is 3. The highest BCUT2D eigenvalue weighted by atomic mass is 16.6. The van der Waals surface area contributed by atoms with Gasteiger partial charge in [0.25, 0.3) is 0 Å². The second kappa shape index (κ2) is 6.62. The molecule has 5 rings (SSSR count). The van der Waals surface area contributed by atoms with Crippen molar-refractivity contribution in [2.24, 2.45) is 0 Å². The number of nitrogens with one attached hydrogen (secondary N) is 2. The molecule has 8 heteroatoms. The van der Waals surface area contributed by atoms with E-state index in [-0.39, 0.29) is 24.0 Å². The Hall–Kier alpha value is -3.29. The summed E-state index contributed by atoms with van der Waals surface area (Å²) in [5.41, 5.74) is 1.36. The van der Waals surface area contributed by atoms with Crippen LogP contribution >= 0.6 is 0 Å². The van der Waals surface area contributed by atoms with Crippen molar-refractivity contribution in [2.75, 3.05) is 5.32 Å². The highest BCUT2D eigenvalue weighted by molar-refractivity contribution is 5.93. The van der Waals surface area contributed by atoms with E-state index in [2.05, 4.69) is 15.6 Å². The minimum absolute atomic E-state index is 0.0369. The van der Waals surface area contributed by atoms with E-state index in [4.69, 9.17) is 14.2 Å². The SMILES string of the molecule is CC(C)(C)OC(=O)N[C@@H]1C2Oc3ccc(Oc4ccnc5c4CCC(=O)N5)cc3C21. The molecule has 30 heavy (non-hydrogen) atoms. The zero-order valence-electron chi connectivity index (χ0n) is 17.0. The van der Waals surface area contributed by atoms with E-state index < -0.39 is 11.7 Å². The summed E-state index contributed by atoms with van der Waals surface area (Å²) in [7, 11) is 0. The number of amides is 2. The topological polar surface area (TPSA) is 98.8 Å². The summed E-state index contributed by atoms with van der Waals surface area (Å²) in [5, 5.41) is 5.67. The van der Waals surface area contributed by atoms with E-state index in [0.717, 1.165) is 16.9 Å². The van der Waals surface area contributed by atoms with Crippen LogP contribution in [0.5, 0.6) is 17.2 Å². The van der Waals surface area contributed by atoms with Gasteiger partial charge in [-0.25, -0.2) is 9.78 Å². The molecular weight excluding hydrogens is 386 g/mol. The van der Waals surface area contributed by atoms with Crippen LogP contribution < -0.4 is 20.1 Å². The Labute approximate surface area is 173 Å². The van der Waals surface area contributed by atoms with Gasteiger partial charge in [0.15, 0.2) is 0 Å². The summed E-state index contributed by atoms with van der Waals surface area (Å²) in [6.07, 6.45) is 2.10. The third-order valence-electron chi connectivity index (χ3n) is 5.34. The smallest absolute Gasteiger partial charge is 0.408 e. The summed E-state index contributed by atoms with van der Waals surface area (Å²) >= 11 is 0. The quantitative estimate of drug-likeness (QED) is 0.805. The molecule has 3 aliphatic rings. The number of carbonyl (C=O) groups is 2. The molecule has 2 N–H and O–H groups in total. The predicted molar refractivity (Wildman–Crippen MR) is 108 cm³/mol. The molecule has 156 valence electrons. The minimum atomic E-state index is -0.545. The number of carbonyl (C=O) groups excluding carboxylic acids is 2. The molecule has 0 bridgehead atoms. The number of alkyl carbamates (subject to hydrolysis) is 1. The van der Waals surface area contributed by atoms with Gasteiger partial charge in [-0.3, -0.25) is 4.79 Å². The average Bonchev–Trinajstić information content (AvgIpc) is 3.16. The Balaban J connectivity index is 1.31. The molecule has 1 aromatic carbocycles. The fourth-order valence-electron chi connectivity index (χ4n) is 4.00. The average molecular weight is 409 g/mol. The standard InChI is InChI=1S/C22H23N3O5/c1-22(2,3)30-21(27)25-18-17-13-10-11(4-6-14(13)29-19(17)18)28-15-8-9-23-20-12(15)5-7-16(26)24-20/h4,6,8-10,17-19H,5,7H2,1-3H3,(H,25,27)(H,23,24,26)/t17?,18-,19?/m0/s1. The fourth-order valence-corrected chi connectivity index (χ4v) is 4.00. The van der Waals surface area contributed by atoms with Crippen molar-refractivity contribution < 1.29 is 23.8 Å². The highest BCUT2D eigenvalue weighted by Gasteiger charge is 2.60. The number of rotatable bonds is 3. The third-order valence-corrected chi connectivity index (χ3v) is 5.34. The highest BCUT2D eigenvalue weighted by Crippen LogP contribution is 2.54. The second-order valence-electron chi connectivity index (χ2n) is 8.77. The number of nitrogens with zero attached hydrogens (tertiary/aromatic N) is 1. The van der Waals surface area contributed by atoms with E-state index in [1.165, 1.54) is 0 Å². The number of hydrogen-bond donors (Lipinski definition) is 2. The first-order chi connectivity index (χ1) is 14.3. The number of fused-ring (bicyclic) bond motifs is 4. The molecule has 0 radical (unpaired) electrons. The van der Waals surface area contributed by atoms with E-state index in [0.29, 0.717) is 30.2 Å². The maximum Gasteiger partial charge on any atom is 0.408 e. The molecule has 1 aliphatic carbocycles. The summed E-state index contributed by atoms with van der Waals surface area (Å²) in [4.78, 5) is 27.9. The maximum atomic E-state index is 12.1. The Morgan fingerprint density at radius 2 is 2.10 bits per heavy atom. The van der Waals surface area contributed by atoms with Gasteiger partial charge >= 0.3 is 6.09 Å². The van der Waals surface area contributed by atoms with Crippen molar-refractivity contribution in [2.45, 2.75) is 57.3 Å². The largest absolute Gasteiger partial charge is 0.487 e. The lowest BCUT2D eigenvalue weighted by Gasteiger charge is -2.20. The van der Waals surface area contributed by atoms with Crippen molar-refractivity contribution in [3.63, 3.8) is 0 Å². The molecule has 3 atom stereocenters. The van der Waals surface area contributed by atoms with Crippen LogP contribution in [0.4, 0.5) is 10.6 Å². The molecule has 1 aromatic heterocycles. The summed E-state index contributed by atoms with van der Waals surface area (Å²) < 4.78 is 17.4. The molecule has 0 saturated heterocycles. The monoisotopic (exact) mass is 409 g/mol. The molecule has 2 aliphatic heterocycles. The summed E-state index contributed by atoms with van der Waals surface area (Å²) in [6.45, 7) is 5.50.